The Morgan fingerprint density at radius 2 is 1.68 bits per heavy atom. The highest BCUT2D eigenvalue weighted by Gasteiger charge is 2.52. The summed E-state index contributed by atoms with van der Waals surface area (Å²) in [5, 5.41) is 15.8. The number of urea groups is 1. The average molecular weight is 610 g/mol. The zero-order chi connectivity index (χ0) is 31.4. The Morgan fingerprint density at radius 3 is 2.36 bits per heavy atom. The molecule has 2 aliphatic heterocycles. The number of benzene rings is 3. The number of hydrogen-bond donors (Lipinski definition) is 2. The van der Waals surface area contributed by atoms with E-state index in [1.165, 1.54) is 39.1 Å². The van der Waals surface area contributed by atoms with Gasteiger partial charge in [-0.3, -0.25) is 14.6 Å². The lowest BCUT2D eigenvalue weighted by Crippen LogP contribution is -2.66. The summed E-state index contributed by atoms with van der Waals surface area (Å²) in [6.45, 7) is 2.25. The van der Waals surface area contributed by atoms with Crippen molar-refractivity contribution in [2.75, 3.05) is 19.6 Å². The fraction of sp³-hybridized carbons (Fsp3) is 0.344. The number of halogens is 3. The Hall–Kier alpha value is -4.58. The number of hydrogen-bond acceptors (Lipinski definition) is 5. The SMILES string of the molecule is CCCN(C(=O)NCc1ccccc1)N1CC(=O)N2[C@@H](Cc3ccc(O)cc3)C(=O)N(Cc3cccc(C(F)(F)F)c3)C[C@@H]21. The van der Waals surface area contributed by atoms with Crippen LogP contribution in [0.3, 0.4) is 0 Å². The van der Waals surface area contributed by atoms with Crippen LogP contribution < -0.4 is 5.32 Å². The summed E-state index contributed by atoms with van der Waals surface area (Å²) in [7, 11) is 0. The second-order valence-corrected chi connectivity index (χ2v) is 10.9. The van der Waals surface area contributed by atoms with Gasteiger partial charge < -0.3 is 20.2 Å². The molecule has 0 spiro atoms. The van der Waals surface area contributed by atoms with Crippen molar-refractivity contribution in [3.63, 3.8) is 0 Å². The van der Waals surface area contributed by atoms with E-state index in [1.54, 1.807) is 17.1 Å². The first-order chi connectivity index (χ1) is 21.0. The van der Waals surface area contributed by atoms with Gasteiger partial charge in [0.2, 0.25) is 11.8 Å². The number of phenols is 1. The second-order valence-electron chi connectivity index (χ2n) is 10.9. The monoisotopic (exact) mass is 609 g/mol. The van der Waals surface area contributed by atoms with Crippen molar-refractivity contribution in [1.29, 1.82) is 0 Å². The number of piperazine rings is 1. The molecule has 0 saturated carbocycles. The number of aromatic hydroxyl groups is 1. The molecule has 2 heterocycles. The van der Waals surface area contributed by atoms with Gasteiger partial charge in [0.15, 0.2) is 0 Å². The zero-order valence-electron chi connectivity index (χ0n) is 24.2. The Balaban J connectivity index is 1.44. The maximum absolute atomic E-state index is 13.9. The van der Waals surface area contributed by atoms with Crippen LogP contribution in [0.2, 0.25) is 0 Å². The number of hydrazine groups is 1. The molecular weight excluding hydrogens is 575 g/mol. The largest absolute Gasteiger partial charge is 0.508 e. The van der Waals surface area contributed by atoms with E-state index in [9.17, 15) is 32.7 Å². The molecule has 5 rings (SSSR count). The molecule has 2 saturated heterocycles. The van der Waals surface area contributed by atoms with Gasteiger partial charge in [-0.05, 0) is 47.4 Å². The highest BCUT2D eigenvalue weighted by molar-refractivity contribution is 5.91. The number of rotatable bonds is 9. The van der Waals surface area contributed by atoms with Gasteiger partial charge in [-0.1, -0.05) is 61.5 Å². The topological polar surface area (TPSA) is 96.4 Å². The molecule has 0 aromatic heterocycles. The van der Waals surface area contributed by atoms with Gasteiger partial charge in [-0.25, -0.2) is 4.79 Å². The van der Waals surface area contributed by atoms with Crippen LogP contribution in [0, 0.1) is 0 Å². The number of nitrogens with one attached hydrogen (secondary N) is 1. The van der Waals surface area contributed by atoms with Crippen molar-refractivity contribution >= 4 is 17.8 Å². The maximum Gasteiger partial charge on any atom is 0.416 e. The van der Waals surface area contributed by atoms with Crippen molar-refractivity contribution < 1.29 is 32.7 Å². The number of carbonyl (C=O) groups excluding carboxylic acids is 3. The average Bonchev–Trinajstić information content (AvgIpc) is 3.33. The van der Waals surface area contributed by atoms with E-state index >= 15 is 0 Å². The van der Waals surface area contributed by atoms with Crippen LogP contribution in [0.25, 0.3) is 0 Å². The number of fused-ring (bicyclic) bond motifs is 1. The van der Waals surface area contributed by atoms with Crippen LogP contribution in [0.1, 0.15) is 35.6 Å². The lowest BCUT2D eigenvalue weighted by molar-refractivity contribution is -0.157. The summed E-state index contributed by atoms with van der Waals surface area (Å²) in [6.07, 6.45) is -4.53. The van der Waals surface area contributed by atoms with E-state index in [0.29, 0.717) is 24.1 Å². The molecule has 3 aromatic rings. The van der Waals surface area contributed by atoms with Crippen molar-refractivity contribution in [2.45, 2.75) is 51.2 Å². The Bertz CT molecular complexity index is 1490. The molecule has 4 amide bonds. The Morgan fingerprint density at radius 1 is 0.977 bits per heavy atom. The predicted molar refractivity (Wildman–Crippen MR) is 155 cm³/mol. The third kappa shape index (κ3) is 6.80. The fourth-order valence-electron chi connectivity index (χ4n) is 5.74. The molecule has 2 fully saturated rings. The summed E-state index contributed by atoms with van der Waals surface area (Å²) in [5.41, 5.74) is 1.08. The standard InChI is InChI=1S/C32H34F3N5O4/c1-2-15-38(31(44)36-18-23-7-4-3-5-8-23)39-21-29(42)40-27(17-22-11-13-26(41)14-12-22)30(43)37(20-28(39)40)19-24-9-6-10-25(16-24)32(33,34)35/h3-14,16,27-28,41H,2,15,17-21H2,1H3,(H,36,44)/t27-,28+/m0/s1. The molecule has 3 aromatic carbocycles. The van der Waals surface area contributed by atoms with E-state index in [1.807, 2.05) is 37.3 Å². The molecule has 2 aliphatic rings. The van der Waals surface area contributed by atoms with Crippen molar-refractivity contribution in [3.05, 3.63) is 101 Å². The van der Waals surface area contributed by atoms with Gasteiger partial charge in [-0.15, -0.1) is 0 Å². The van der Waals surface area contributed by atoms with Crippen molar-refractivity contribution in [1.82, 2.24) is 25.1 Å². The van der Waals surface area contributed by atoms with Gasteiger partial charge in [0.1, 0.15) is 18.0 Å². The first kappa shape index (κ1) is 30.9. The predicted octanol–water partition coefficient (Wildman–Crippen LogP) is 4.37. The molecule has 0 bridgehead atoms. The first-order valence-corrected chi connectivity index (χ1v) is 14.4. The molecule has 44 heavy (non-hydrogen) atoms. The number of amides is 4. The minimum Gasteiger partial charge on any atom is -0.508 e. The maximum atomic E-state index is 13.9. The second kappa shape index (κ2) is 13.0. The van der Waals surface area contributed by atoms with Gasteiger partial charge >= 0.3 is 12.2 Å². The number of nitrogens with zero attached hydrogens (tertiary/aromatic N) is 4. The van der Waals surface area contributed by atoms with Crippen molar-refractivity contribution in [3.8, 4) is 5.75 Å². The molecule has 0 radical (unpaired) electrons. The molecule has 232 valence electrons. The summed E-state index contributed by atoms with van der Waals surface area (Å²) in [6, 6.07) is 19.1. The van der Waals surface area contributed by atoms with Crippen LogP contribution in [-0.4, -0.2) is 74.6 Å². The normalized spacial score (nSPS) is 18.8. The van der Waals surface area contributed by atoms with E-state index in [2.05, 4.69) is 5.32 Å². The molecule has 12 heteroatoms. The van der Waals surface area contributed by atoms with Crippen LogP contribution in [-0.2, 0) is 35.3 Å². The van der Waals surface area contributed by atoms with E-state index in [0.717, 1.165) is 17.7 Å². The van der Waals surface area contributed by atoms with E-state index in [4.69, 9.17) is 0 Å². The Kier molecular flexibility index (Phi) is 9.09. The van der Waals surface area contributed by atoms with E-state index in [-0.39, 0.29) is 44.3 Å². The molecule has 9 nitrogen and oxygen atoms in total. The lowest BCUT2D eigenvalue weighted by Gasteiger charge is -2.46. The first-order valence-electron chi connectivity index (χ1n) is 14.4. The summed E-state index contributed by atoms with van der Waals surface area (Å²) in [5.74, 6) is -0.687. The molecular formula is C32H34F3N5O4. The quantitative estimate of drug-likeness (QED) is 0.376. The van der Waals surface area contributed by atoms with Gasteiger partial charge in [0.05, 0.1) is 18.7 Å². The molecule has 0 aliphatic carbocycles. The van der Waals surface area contributed by atoms with Crippen molar-refractivity contribution in [2.24, 2.45) is 0 Å². The third-order valence-corrected chi connectivity index (χ3v) is 7.83. The van der Waals surface area contributed by atoms with Gasteiger partial charge in [0, 0.05) is 26.1 Å². The smallest absolute Gasteiger partial charge is 0.416 e. The number of carbonyl (C=O) groups is 3. The zero-order valence-corrected chi connectivity index (χ0v) is 24.2. The van der Waals surface area contributed by atoms with Crippen LogP contribution in [0.4, 0.5) is 18.0 Å². The highest BCUT2D eigenvalue weighted by atomic mass is 19.4. The minimum absolute atomic E-state index is 0.000916. The fourth-order valence-corrected chi connectivity index (χ4v) is 5.74. The third-order valence-electron chi connectivity index (χ3n) is 7.83. The summed E-state index contributed by atoms with van der Waals surface area (Å²) >= 11 is 0. The Labute approximate surface area is 253 Å². The number of alkyl halides is 3. The van der Waals surface area contributed by atoms with Gasteiger partial charge in [0.25, 0.3) is 0 Å². The summed E-state index contributed by atoms with van der Waals surface area (Å²) < 4.78 is 40.3. The molecule has 0 unspecified atom stereocenters. The number of phenolic OH excluding ortho intramolecular Hbond substituents is 1. The molecule has 2 N–H and O–H groups in total. The minimum atomic E-state index is -4.54. The lowest BCUT2D eigenvalue weighted by atomic mass is 9.99. The highest BCUT2D eigenvalue weighted by Crippen LogP contribution is 2.32. The molecule has 2 atom stereocenters. The van der Waals surface area contributed by atoms with Crippen LogP contribution in [0.15, 0.2) is 78.9 Å². The summed E-state index contributed by atoms with van der Waals surface area (Å²) in [4.78, 5) is 43.9. The van der Waals surface area contributed by atoms with Crippen LogP contribution >= 0.6 is 0 Å². The van der Waals surface area contributed by atoms with Gasteiger partial charge in [-0.2, -0.15) is 18.2 Å². The van der Waals surface area contributed by atoms with E-state index < -0.39 is 35.9 Å². The van der Waals surface area contributed by atoms with Crippen LogP contribution in [0.5, 0.6) is 5.75 Å².